The van der Waals surface area contributed by atoms with Gasteiger partial charge in [0.05, 0.1) is 13.2 Å². The van der Waals surface area contributed by atoms with Crippen molar-refractivity contribution in [3.63, 3.8) is 0 Å². The molecule has 0 atom stereocenters. The fraction of sp³-hybridized carbons (Fsp3) is 0.375. The van der Waals surface area contributed by atoms with Crippen LogP contribution in [0.4, 0.5) is 0 Å². The Morgan fingerprint density at radius 3 is 2.70 bits per heavy atom. The Kier molecular flexibility index (Phi) is 4.09. The van der Waals surface area contributed by atoms with E-state index in [9.17, 15) is 4.79 Å². The summed E-state index contributed by atoms with van der Waals surface area (Å²) in [4.78, 5) is 12.0. The van der Waals surface area contributed by atoms with Gasteiger partial charge in [-0.05, 0) is 37.8 Å². The molecule has 4 heteroatoms. The van der Waals surface area contributed by atoms with Gasteiger partial charge in [0, 0.05) is 11.6 Å². The number of carbonyl (C=O) groups is 1. The van der Waals surface area contributed by atoms with Gasteiger partial charge in [0.25, 0.3) is 0 Å². The van der Waals surface area contributed by atoms with Crippen LogP contribution in [0.1, 0.15) is 31.7 Å². The molecule has 4 nitrogen and oxygen atoms in total. The van der Waals surface area contributed by atoms with Gasteiger partial charge in [-0.25, -0.2) is 0 Å². The van der Waals surface area contributed by atoms with Gasteiger partial charge in [0.15, 0.2) is 0 Å². The smallest absolute Gasteiger partial charge is 0.245 e. The number of allylic oxidation sites excluding steroid dienone is 1. The normalized spacial score (nSPS) is 16.8. The van der Waals surface area contributed by atoms with Crippen LogP contribution in [0.15, 0.2) is 30.3 Å². The maximum absolute atomic E-state index is 12.0. The van der Waals surface area contributed by atoms with E-state index in [4.69, 9.17) is 10.00 Å². The molecule has 0 radical (unpaired) electrons. The van der Waals surface area contributed by atoms with Crippen molar-refractivity contribution in [1.82, 2.24) is 5.32 Å². The Bertz CT molecular complexity index is 580. The highest BCUT2D eigenvalue weighted by molar-refractivity contribution is 5.96. The first-order chi connectivity index (χ1) is 9.60. The van der Waals surface area contributed by atoms with Crippen molar-refractivity contribution in [1.29, 1.82) is 5.26 Å². The number of nitrogens with one attached hydrogen (secondary N) is 1. The number of benzene rings is 1. The number of methoxy groups -OCH3 is 1. The van der Waals surface area contributed by atoms with Crippen LogP contribution < -0.4 is 10.1 Å². The minimum absolute atomic E-state index is 0.227. The number of rotatable bonds is 4. The van der Waals surface area contributed by atoms with Gasteiger partial charge in [0.1, 0.15) is 11.3 Å². The first kappa shape index (κ1) is 14.1. The molecule has 1 fully saturated rings. The van der Waals surface area contributed by atoms with Crippen molar-refractivity contribution in [2.24, 2.45) is 0 Å². The highest BCUT2D eigenvalue weighted by Gasteiger charge is 2.38. The van der Waals surface area contributed by atoms with Gasteiger partial charge in [-0.1, -0.05) is 18.2 Å². The molecule has 1 aliphatic rings. The average Bonchev–Trinajstić information content (AvgIpc) is 2.42. The quantitative estimate of drug-likeness (QED) is 0.855. The zero-order chi connectivity index (χ0) is 14.6. The second-order valence-corrected chi connectivity index (χ2v) is 5.06. The van der Waals surface area contributed by atoms with Crippen molar-refractivity contribution in [2.45, 2.75) is 31.7 Å². The third-order valence-electron chi connectivity index (χ3n) is 3.66. The second kappa shape index (κ2) is 5.79. The molecule has 1 aliphatic carbocycles. The Labute approximate surface area is 119 Å². The van der Waals surface area contributed by atoms with Crippen LogP contribution in [0.25, 0.3) is 5.57 Å². The lowest BCUT2D eigenvalue weighted by Gasteiger charge is -2.35. The van der Waals surface area contributed by atoms with Gasteiger partial charge in [-0.15, -0.1) is 0 Å². The van der Waals surface area contributed by atoms with Gasteiger partial charge in [-0.2, -0.15) is 5.26 Å². The third-order valence-corrected chi connectivity index (χ3v) is 3.66. The summed E-state index contributed by atoms with van der Waals surface area (Å²) in [5.74, 6) is 0.502. The first-order valence-corrected chi connectivity index (χ1v) is 6.65. The molecule has 1 amide bonds. The van der Waals surface area contributed by atoms with E-state index in [2.05, 4.69) is 11.4 Å². The van der Waals surface area contributed by atoms with Crippen molar-refractivity contribution < 1.29 is 9.53 Å². The first-order valence-electron chi connectivity index (χ1n) is 6.65. The van der Waals surface area contributed by atoms with Crippen LogP contribution >= 0.6 is 0 Å². The SMILES string of the molecule is COc1ccccc1/C(C)=C/C(=O)NC1(C#N)CCC1. The van der Waals surface area contributed by atoms with Crippen LogP contribution in [0, 0.1) is 11.3 Å². The third kappa shape index (κ3) is 2.83. The van der Waals surface area contributed by atoms with Crippen molar-refractivity contribution in [3.8, 4) is 11.8 Å². The number of para-hydroxylation sites is 1. The number of amides is 1. The molecule has 20 heavy (non-hydrogen) atoms. The van der Waals surface area contributed by atoms with E-state index in [-0.39, 0.29) is 5.91 Å². The summed E-state index contributed by atoms with van der Waals surface area (Å²) in [6.07, 6.45) is 3.98. The Morgan fingerprint density at radius 1 is 1.45 bits per heavy atom. The van der Waals surface area contributed by atoms with E-state index in [0.29, 0.717) is 0 Å². The summed E-state index contributed by atoms with van der Waals surface area (Å²) < 4.78 is 5.28. The monoisotopic (exact) mass is 270 g/mol. The predicted octanol–water partition coefficient (Wildman–Crippen LogP) is 2.66. The van der Waals surface area contributed by atoms with Crippen LogP contribution in [0.5, 0.6) is 5.75 Å². The van der Waals surface area contributed by atoms with E-state index in [1.807, 2.05) is 31.2 Å². The Balaban J connectivity index is 2.14. The molecule has 0 saturated heterocycles. The summed E-state index contributed by atoms with van der Waals surface area (Å²) in [7, 11) is 1.60. The molecule has 1 aromatic carbocycles. The Morgan fingerprint density at radius 2 is 2.15 bits per heavy atom. The van der Waals surface area contributed by atoms with E-state index >= 15 is 0 Å². The van der Waals surface area contributed by atoms with E-state index < -0.39 is 5.54 Å². The molecule has 0 spiro atoms. The molecule has 1 N–H and O–H groups in total. The fourth-order valence-electron chi connectivity index (χ4n) is 2.31. The topological polar surface area (TPSA) is 62.1 Å². The maximum atomic E-state index is 12.0. The molecule has 0 aliphatic heterocycles. The minimum atomic E-state index is -0.658. The summed E-state index contributed by atoms with van der Waals surface area (Å²) in [6, 6.07) is 9.74. The highest BCUT2D eigenvalue weighted by atomic mass is 16.5. The van der Waals surface area contributed by atoms with E-state index in [1.54, 1.807) is 7.11 Å². The molecule has 104 valence electrons. The number of hydrogen-bond donors (Lipinski definition) is 1. The molecule has 0 unspecified atom stereocenters. The van der Waals surface area contributed by atoms with Crippen LogP contribution in [-0.2, 0) is 4.79 Å². The molecule has 0 bridgehead atoms. The van der Waals surface area contributed by atoms with Crippen molar-refractivity contribution in [3.05, 3.63) is 35.9 Å². The molecule has 0 aromatic heterocycles. The largest absolute Gasteiger partial charge is 0.496 e. The predicted molar refractivity (Wildman–Crippen MR) is 77.0 cm³/mol. The number of ether oxygens (including phenoxy) is 1. The summed E-state index contributed by atoms with van der Waals surface area (Å²) in [6.45, 7) is 1.86. The Hall–Kier alpha value is -2.28. The second-order valence-electron chi connectivity index (χ2n) is 5.06. The number of hydrogen-bond acceptors (Lipinski definition) is 3. The highest BCUT2D eigenvalue weighted by Crippen LogP contribution is 2.31. The van der Waals surface area contributed by atoms with Crippen LogP contribution in [-0.4, -0.2) is 18.6 Å². The molecular weight excluding hydrogens is 252 g/mol. The molecule has 1 aromatic rings. The van der Waals surface area contributed by atoms with Crippen molar-refractivity contribution >= 4 is 11.5 Å². The average molecular weight is 270 g/mol. The lowest BCUT2D eigenvalue weighted by Crippen LogP contribution is -2.51. The molecular formula is C16H18N2O2. The maximum Gasteiger partial charge on any atom is 0.245 e. The zero-order valence-electron chi connectivity index (χ0n) is 11.8. The number of nitriles is 1. The van der Waals surface area contributed by atoms with E-state index in [0.717, 1.165) is 36.1 Å². The van der Waals surface area contributed by atoms with Gasteiger partial charge >= 0.3 is 0 Å². The summed E-state index contributed by atoms with van der Waals surface area (Å²) >= 11 is 0. The number of carbonyl (C=O) groups excluding carboxylic acids is 1. The number of nitrogens with zero attached hydrogens (tertiary/aromatic N) is 1. The molecule has 0 heterocycles. The lowest BCUT2D eigenvalue weighted by atomic mass is 9.78. The zero-order valence-corrected chi connectivity index (χ0v) is 11.8. The molecule has 1 saturated carbocycles. The van der Waals surface area contributed by atoms with Crippen LogP contribution in [0.3, 0.4) is 0 Å². The lowest BCUT2D eigenvalue weighted by molar-refractivity contribution is -0.118. The van der Waals surface area contributed by atoms with Crippen molar-refractivity contribution in [2.75, 3.05) is 7.11 Å². The summed E-state index contributed by atoms with van der Waals surface area (Å²) in [5, 5.41) is 11.9. The molecule has 2 rings (SSSR count). The van der Waals surface area contributed by atoms with Crippen LogP contribution in [0.2, 0.25) is 0 Å². The van der Waals surface area contributed by atoms with Gasteiger partial charge < -0.3 is 10.1 Å². The van der Waals surface area contributed by atoms with Gasteiger partial charge in [0.2, 0.25) is 5.91 Å². The summed E-state index contributed by atoms with van der Waals surface area (Å²) in [5.41, 5.74) is 1.03. The van der Waals surface area contributed by atoms with Gasteiger partial charge in [-0.3, -0.25) is 4.79 Å². The standard InChI is InChI=1S/C16H18N2O2/c1-12(13-6-3-4-7-14(13)20-2)10-15(19)18-16(11-17)8-5-9-16/h3-4,6-7,10H,5,8-9H2,1-2H3,(H,18,19)/b12-10+. The minimum Gasteiger partial charge on any atom is -0.496 e. The fourth-order valence-corrected chi connectivity index (χ4v) is 2.31. The van der Waals surface area contributed by atoms with E-state index in [1.165, 1.54) is 6.08 Å².